The number of hydrogen-bond donors (Lipinski definition) is 0. The highest BCUT2D eigenvalue weighted by Crippen LogP contribution is 1.76. The minimum atomic E-state index is 0.822. The third-order valence-corrected chi connectivity index (χ3v) is 0.800. The maximum atomic E-state index is 5.36. The van der Waals surface area contributed by atoms with E-state index in [4.69, 9.17) is 7.85 Å². The molecule has 0 aliphatic heterocycles. The fourth-order valence-electron chi connectivity index (χ4n) is 0.453. The average molecular weight is 87.9 g/mol. The van der Waals surface area contributed by atoms with Gasteiger partial charge in [0.05, 0.1) is 0 Å². The Morgan fingerprint density at radius 1 is 1.00 bits per heavy atom. The molecule has 1 rings (SSSR count). The maximum Gasteiger partial charge on any atom is 0.113 e. The van der Waals surface area contributed by atoms with Gasteiger partial charge < -0.3 is 0 Å². The van der Waals surface area contributed by atoms with Crippen LogP contribution >= 0.6 is 0 Å². The van der Waals surface area contributed by atoms with Crippen LogP contribution in [0.25, 0.3) is 0 Å². The molecule has 0 bridgehead atoms. The van der Waals surface area contributed by atoms with E-state index in [0.29, 0.717) is 0 Å². The van der Waals surface area contributed by atoms with Gasteiger partial charge in [-0.3, -0.25) is 0 Å². The Morgan fingerprint density at radius 2 is 1.57 bits per heavy atom. The van der Waals surface area contributed by atoms with E-state index in [1.165, 1.54) is 0 Å². The summed E-state index contributed by atoms with van der Waals surface area (Å²) in [6.07, 6.45) is 0. The number of rotatable bonds is 0. The molecule has 7 heavy (non-hydrogen) atoms. The Labute approximate surface area is 44.6 Å². The third kappa shape index (κ3) is 1.07. The van der Waals surface area contributed by atoms with Crippen molar-refractivity contribution in [3.05, 3.63) is 30.3 Å². The molecule has 0 heterocycles. The van der Waals surface area contributed by atoms with Crippen molar-refractivity contribution < 1.29 is 0 Å². The van der Waals surface area contributed by atoms with Crippen LogP contribution in [0.5, 0.6) is 0 Å². The van der Waals surface area contributed by atoms with Gasteiger partial charge in [0.1, 0.15) is 7.85 Å². The SMILES string of the molecule is [B]c1ccccc1. The molecule has 1 aromatic rings. The second-order valence-electron chi connectivity index (χ2n) is 1.41. The molecule has 0 fully saturated rings. The van der Waals surface area contributed by atoms with Gasteiger partial charge in [-0.05, 0) is 0 Å². The van der Waals surface area contributed by atoms with Crippen LogP contribution in [0.4, 0.5) is 0 Å². The fraction of sp³-hybridized carbons (Fsp3) is 0. The minimum absolute atomic E-state index is 0.822. The maximum absolute atomic E-state index is 5.36. The quantitative estimate of drug-likeness (QED) is 0.404. The van der Waals surface area contributed by atoms with Crippen LogP contribution in [0.2, 0.25) is 0 Å². The van der Waals surface area contributed by atoms with Crippen LogP contribution < -0.4 is 5.46 Å². The van der Waals surface area contributed by atoms with Crippen molar-refractivity contribution in [2.75, 3.05) is 0 Å². The van der Waals surface area contributed by atoms with Crippen molar-refractivity contribution in [2.45, 2.75) is 0 Å². The Morgan fingerprint density at radius 3 is 1.86 bits per heavy atom. The summed E-state index contributed by atoms with van der Waals surface area (Å²) < 4.78 is 0. The van der Waals surface area contributed by atoms with Crippen molar-refractivity contribution >= 4 is 13.3 Å². The Kier molecular flexibility index (Phi) is 1.16. The summed E-state index contributed by atoms with van der Waals surface area (Å²) in [5, 5.41) is 0. The van der Waals surface area contributed by atoms with Crippen LogP contribution in [0.1, 0.15) is 0 Å². The summed E-state index contributed by atoms with van der Waals surface area (Å²) >= 11 is 0. The van der Waals surface area contributed by atoms with E-state index < -0.39 is 0 Å². The average Bonchev–Trinajstić information content (AvgIpc) is 1.69. The third-order valence-electron chi connectivity index (χ3n) is 0.800. The summed E-state index contributed by atoms with van der Waals surface area (Å²) in [4.78, 5) is 0. The van der Waals surface area contributed by atoms with Crippen LogP contribution in [-0.2, 0) is 0 Å². The van der Waals surface area contributed by atoms with Gasteiger partial charge in [0, 0.05) is 0 Å². The van der Waals surface area contributed by atoms with E-state index >= 15 is 0 Å². The van der Waals surface area contributed by atoms with Crippen molar-refractivity contribution in [1.29, 1.82) is 0 Å². The highest BCUT2D eigenvalue weighted by Gasteiger charge is 1.71. The first kappa shape index (κ1) is 4.44. The zero-order valence-electron chi connectivity index (χ0n) is 3.96. The van der Waals surface area contributed by atoms with Gasteiger partial charge in [0.25, 0.3) is 0 Å². The largest absolute Gasteiger partial charge is 0.113 e. The monoisotopic (exact) mass is 88.0 g/mol. The van der Waals surface area contributed by atoms with Gasteiger partial charge in [-0.25, -0.2) is 0 Å². The standard InChI is InChI=1S/C6H5B/c7-6-4-2-1-3-5-6/h1-5H. The summed E-state index contributed by atoms with van der Waals surface area (Å²) in [5.41, 5.74) is 0.822. The molecule has 0 aliphatic rings. The van der Waals surface area contributed by atoms with Crippen LogP contribution in [0.15, 0.2) is 30.3 Å². The lowest BCUT2D eigenvalue weighted by Crippen LogP contribution is -1.97. The summed E-state index contributed by atoms with van der Waals surface area (Å²) in [6.45, 7) is 0. The van der Waals surface area contributed by atoms with E-state index in [9.17, 15) is 0 Å². The highest BCUT2D eigenvalue weighted by atomic mass is 13.7. The first-order valence-corrected chi connectivity index (χ1v) is 2.20. The zero-order chi connectivity index (χ0) is 5.11. The van der Waals surface area contributed by atoms with Gasteiger partial charge in [-0.15, -0.1) is 0 Å². The Hall–Kier alpha value is -0.715. The molecule has 0 aromatic heterocycles. The molecule has 0 unspecified atom stereocenters. The number of hydrogen-bond acceptors (Lipinski definition) is 0. The second kappa shape index (κ2) is 1.83. The molecule has 0 saturated heterocycles. The van der Waals surface area contributed by atoms with Gasteiger partial charge >= 0.3 is 0 Å². The predicted octanol–water partition coefficient (Wildman–Crippen LogP) is 0.480. The molecular weight excluding hydrogens is 82.9 g/mol. The molecule has 0 atom stereocenters. The van der Waals surface area contributed by atoms with Crippen molar-refractivity contribution in [1.82, 2.24) is 0 Å². The van der Waals surface area contributed by atoms with E-state index in [1.54, 1.807) is 0 Å². The van der Waals surface area contributed by atoms with Crippen LogP contribution in [-0.4, -0.2) is 7.85 Å². The molecule has 32 valence electrons. The molecule has 1 aromatic carbocycles. The first-order valence-electron chi connectivity index (χ1n) is 2.20. The van der Waals surface area contributed by atoms with E-state index in [1.807, 2.05) is 30.3 Å². The van der Waals surface area contributed by atoms with E-state index in [2.05, 4.69) is 0 Å². The minimum Gasteiger partial charge on any atom is -0.0967 e. The molecule has 0 spiro atoms. The van der Waals surface area contributed by atoms with Crippen molar-refractivity contribution in [3.63, 3.8) is 0 Å². The van der Waals surface area contributed by atoms with E-state index in [0.717, 1.165) is 5.46 Å². The fourth-order valence-corrected chi connectivity index (χ4v) is 0.453. The normalized spacial score (nSPS) is 8.57. The summed E-state index contributed by atoms with van der Waals surface area (Å²) in [7, 11) is 5.36. The summed E-state index contributed by atoms with van der Waals surface area (Å²) in [6, 6.07) is 9.49. The lowest BCUT2D eigenvalue weighted by atomic mass is 9.97. The predicted molar refractivity (Wildman–Crippen MR) is 31.8 cm³/mol. The molecule has 0 N–H and O–H groups in total. The first-order chi connectivity index (χ1) is 3.39. The molecular formula is C6H5B. The number of benzene rings is 1. The van der Waals surface area contributed by atoms with Gasteiger partial charge in [0.2, 0.25) is 0 Å². The van der Waals surface area contributed by atoms with Crippen molar-refractivity contribution in [3.8, 4) is 0 Å². The van der Waals surface area contributed by atoms with Gasteiger partial charge in [0.15, 0.2) is 0 Å². The molecule has 0 saturated carbocycles. The van der Waals surface area contributed by atoms with Crippen LogP contribution in [0, 0.1) is 0 Å². The summed E-state index contributed by atoms with van der Waals surface area (Å²) in [5.74, 6) is 0. The molecule has 0 nitrogen and oxygen atoms in total. The topological polar surface area (TPSA) is 0 Å². The lowest BCUT2D eigenvalue weighted by molar-refractivity contribution is 1.78. The molecule has 0 amide bonds. The smallest absolute Gasteiger partial charge is 0.0967 e. The molecule has 2 radical (unpaired) electrons. The van der Waals surface area contributed by atoms with Crippen LogP contribution in [0.3, 0.4) is 0 Å². The lowest BCUT2D eigenvalue weighted by Gasteiger charge is -1.83. The van der Waals surface area contributed by atoms with Gasteiger partial charge in [-0.2, -0.15) is 0 Å². The Balaban J connectivity index is 3.02. The molecule has 1 heteroatoms. The Bertz CT molecular complexity index is 134. The zero-order valence-corrected chi connectivity index (χ0v) is 3.96. The highest BCUT2D eigenvalue weighted by molar-refractivity contribution is 6.32. The van der Waals surface area contributed by atoms with Gasteiger partial charge in [-0.1, -0.05) is 35.8 Å². The second-order valence-corrected chi connectivity index (χ2v) is 1.41. The molecule has 0 aliphatic carbocycles. The van der Waals surface area contributed by atoms with E-state index in [-0.39, 0.29) is 0 Å². The van der Waals surface area contributed by atoms with Crippen molar-refractivity contribution in [2.24, 2.45) is 0 Å².